The lowest BCUT2D eigenvalue weighted by Gasteiger charge is -2.40. The van der Waals surface area contributed by atoms with Gasteiger partial charge in [-0.05, 0) is 19.3 Å². The van der Waals surface area contributed by atoms with Crippen molar-refractivity contribution in [1.29, 1.82) is 0 Å². The van der Waals surface area contributed by atoms with Gasteiger partial charge in [-0.2, -0.15) is 0 Å². The monoisotopic (exact) mass is 1220 g/mol. The van der Waals surface area contributed by atoms with Gasteiger partial charge in [-0.15, -0.1) is 0 Å². The van der Waals surface area contributed by atoms with Crippen LogP contribution in [0.2, 0.25) is 0 Å². The number of nitrogens with one attached hydrogen (secondary N) is 1. The fourth-order valence-corrected chi connectivity index (χ4v) is 13.0. The Morgan fingerprint density at radius 1 is 0.384 bits per heavy atom. The van der Waals surface area contributed by atoms with Crippen molar-refractivity contribution >= 4 is 5.91 Å². The van der Waals surface area contributed by atoms with E-state index in [-0.39, 0.29) is 12.5 Å². The van der Waals surface area contributed by atoms with Gasteiger partial charge in [0.05, 0.1) is 25.4 Å². The third-order valence-corrected chi connectivity index (χ3v) is 19.1. The van der Waals surface area contributed by atoms with Crippen LogP contribution in [0.4, 0.5) is 0 Å². The zero-order valence-corrected chi connectivity index (χ0v) is 57.6. The predicted octanol–water partition coefficient (Wildman–Crippen LogP) is 21.8. The molecule has 9 nitrogen and oxygen atoms in total. The number of hydrogen-bond donors (Lipinski definition) is 6. The van der Waals surface area contributed by atoms with Crippen molar-refractivity contribution in [3.8, 4) is 0 Å². The van der Waals surface area contributed by atoms with Crippen molar-refractivity contribution in [2.75, 3.05) is 13.2 Å². The summed E-state index contributed by atoms with van der Waals surface area (Å²) in [6.45, 7) is 3.86. The molecule has 9 heteroatoms. The van der Waals surface area contributed by atoms with E-state index in [2.05, 4.69) is 19.2 Å². The largest absolute Gasteiger partial charge is 0.394 e. The first-order chi connectivity index (χ1) is 42.3. The predicted molar refractivity (Wildman–Crippen MR) is 369 cm³/mol. The lowest BCUT2D eigenvalue weighted by molar-refractivity contribution is -0.302. The van der Waals surface area contributed by atoms with E-state index in [0.717, 1.165) is 38.5 Å². The molecule has 0 aliphatic carbocycles. The second-order valence-corrected chi connectivity index (χ2v) is 27.5. The summed E-state index contributed by atoms with van der Waals surface area (Å²) in [4.78, 5) is 13.2. The first-order valence-electron chi connectivity index (χ1n) is 38.9. The highest BCUT2D eigenvalue weighted by Crippen LogP contribution is 2.24. The first-order valence-corrected chi connectivity index (χ1v) is 38.9. The number of carbonyl (C=O) groups excluding carboxylic acids is 1. The van der Waals surface area contributed by atoms with Gasteiger partial charge in [0.2, 0.25) is 5.91 Å². The molecule has 1 aliphatic heterocycles. The van der Waals surface area contributed by atoms with E-state index in [1.165, 1.54) is 360 Å². The zero-order valence-electron chi connectivity index (χ0n) is 57.6. The minimum atomic E-state index is -1.57. The van der Waals surface area contributed by atoms with Gasteiger partial charge in [0, 0.05) is 6.42 Å². The summed E-state index contributed by atoms with van der Waals surface area (Å²) in [5, 5.41) is 54.9. The van der Waals surface area contributed by atoms with Gasteiger partial charge in [-0.1, -0.05) is 405 Å². The van der Waals surface area contributed by atoms with Crippen molar-refractivity contribution < 1.29 is 39.8 Å². The molecule has 86 heavy (non-hydrogen) atoms. The molecule has 0 aromatic heterocycles. The molecule has 1 saturated heterocycles. The van der Waals surface area contributed by atoms with Crippen LogP contribution in [-0.4, -0.2) is 87.5 Å². The van der Waals surface area contributed by atoms with Crippen LogP contribution in [0.15, 0.2) is 12.2 Å². The Hall–Kier alpha value is -1.07. The second-order valence-electron chi connectivity index (χ2n) is 27.5. The third-order valence-electron chi connectivity index (χ3n) is 19.1. The van der Waals surface area contributed by atoms with Gasteiger partial charge in [0.1, 0.15) is 24.4 Å². The van der Waals surface area contributed by atoms with E-state index in [9.17, 15) is 30.3 Å². The number of ether oxygens (including phenoxy) is 2. The molecule has 1 aliphatic rings. The number of amides is 1. The Bertz CT molecular complexity index is 1360. The summed E-state index contributed by atoms with van der Waals surface area (Å²) in [6, 6.07) is -0.803. The van der Waals surface area contributed by atoms with Crippen LogP contribution in [0.3, 0.4) is 0 Å². The van der Waals surface area contributed by atoms with E-state index in [1.807, 2.05) is 6.08 Å². The maximum atomic E-state index is 13.2. The van der Waals surface area contributed by atoms with Crippen molar-refractivity contribution in [3.63, 3.8) is 0 Å². The average molecular weight is 1220 g/mol. The highest BCUT2D eigenvalue weighted by molar-refractivity contribution is 5.76. The quantitative estimate of drug-likeness (QED) is 0.0261. The molecule has 7 unspecified atom stereocenters. The standard InChI is InChI=1S/C77H151NO8/c1-3-5-7-9-11-13-15-17-19-21-23-25-27-29-31-33-35-37-38-40-42-44-46-48-50-52-54-56-58-60-62-64-66-71(80)70(69-85-77-76(84)75(83)74(82)72(68-79)86-77)78-73(81)67-65-63-61-59-57-55-53-51-49-47-45-43-41-39-36-34-32-30-28-26-24-22-20-18-16-14-12-10-8-6-4-2/h64,66,70-72,74-77,79-80,82-84H,3-63,65,67-69H2,1-2H3,(H,78,81)/b66-64+. The number of aliphatic hydroxyl groups excluding tert-OH is 5. The number of rotatable bonds is 70. The number of unbranched alkanes of at least 4 members (excludes halogenated alkanes) is 60. The SMILES string of the molecule is CCCCCCCCCCCCCCCCCCCCCCCCCCCCCCCC/C=C/C(O)C(COC1OC(CO)C(O)C(O)C1O)NC(=O)CCCCCCCCCCCCCCCCCCCCCCCCCCCCCCCCC. The van der Waals surface area contributed by atoms with Gasteiger partial charge in [0.15, 0.2) is 6.29 Å². The smallest absolute Gasteiger partial charge is 0.220 e. The van der Waals surface area contributed by atoms with Crippen LogP contribution >= 0.6 is 0 Å². The molecule has 7 atom stereocenters. The van der Waals surface area contributed by atoms with Crippen molar-refractivity contribution in [2.45, 2.75) is 461 Å². The van der Waals surface area contributed by atoms with Crippen LogP contribution in [0.1, 0.15) is 418 Å². The molecule has 0 aromatic rings. The van der Waals surface area contributed by atoms with Crippen molar-refractivity contribution in [3.05, 3.63) is 12.2 Å². The summed E-state index contributed by atoms with van der Waals surface area (Å²) in [6.07, 6.45) is 80.7. The highest BCUT2D eigenvalue weighted by Gasteiger charge is 2.44. The van der Waals surface area contributed by atoms with E-state index in [1.54, 1.807) is 6.08 Å². The Kier molecular flexibility index (Phi) is 64.5. The van der Waals surface area contributed by atoms with Crippen molar-refractivity contribution in [2.24, 2.45) is 0 Å². The van der Waals surface area contributed by atoms with Gasteiger partial charge in [-0.3, -0.25) is 4.79 Å². The Balaban J connectivity index is 2.07. The molecule has 0 radical (unpaired) electrons. The minimum absolute atomic E-state index is 0.165. The molecule has 0 bridgehead atoms. The van der Waals surface area contributed by atoms with E-state index >= 15 is 0 Å². The van der Waals surface area contributed by atoms with E-state index < -0.39 is 49.5 Å². The molecular weight excluding hydrogens is 1070 g/mol. The summed E-state index contributed by atoms with van der Waals surface area (Å²) >= 11 is 0. The third kappa shape index (κ3) is 54.6. The maximum absolute atomic E-state index is 13.2. The summed E-state index contributed by atoms with van der Waals surface area (Å²) < 4.78 is 11.3. The average Bonchev–Trinajstić information content (AvgIpc) is 2.33. The molecule has 1 amide bonds. The molecule has 0 saturated carbocycles. The fraction of sp³-hybridized carbons (Fsp3) is 0.961. The van der Waals surface area contributed by atoms with E-state index in [0.29, 0.717) is 6.42 Å². The first kappa shape index (κ1) is 82.9. The lowest BCUT2D eigenvalue weighted by atomic mass is 9.99. The van der Waals surface area contributed by atoms with Crippen molar-refractivity contribution in [1.82, 2.24) is 5.32 Å². The topological polar surface area (TPSA) is 149 Å². The second kappa shape index (κ2) is 66.8. The van der Waals surface area contributed by atoms with Gasteiger partial charge in [-0.25, -0.2) is 0 Å². The normalized spacial score (nSPS) is 18.0. The molecule has 0 aromatic carbocycles. The Labute approximate surface area is 535 Å². The molecule has 1 rings (SSSR count). The van der Waals surface area contributed by atoms with Crippen LogP contribution < -0.4 is 5.32 Å². The van der Waals surface area contributed by atoms with Crippen LogP contribution in [0.25, 0.3) is 0 Å². The molecular formula is C77H151NO8. The summed E-state index contributed by atoms with van der Waals surface area (Å²) in [7, 11) is 0. The molecule has 6 N–H and O–H groups in total. The van der Waals surface area contributed by atoms with Crippen LogP contribution in [0, 0.1) is 0 Å². The Morgan fingerprint density at radius 2 is 0.640 bits per heavy atom. The lowest BCUT2D eigenvalue weighted by Crippen LogP contribution is -2.60. The molecule has 512 valence electrons. The van der Waals surface area contributed by atoms with E-state index in [4.69, 9.17) is 9.47 Å². The molecule has 1 fully saturated rings. The van der Waals surface area contributed by atoms with Crippen LogP contribution in [0.5, 0.6) is 0 Å². The summed E-state index contributed by atoms with van der Waals surface area (Å²) in [5.74, 6) is -0.165. The number of carbonyl (C=O) groups is 1. The molecule has 0 spiro atoms. The molecule has 1 heterocycles. The summed E-state index contributed by atoms with van der Waals surface area (Å²) in [5.41, 5.74) is 0. The van der Waals surface area contributed by atoms with Gasteiger partial charge < -0.3 is 40.3 Å². The van der Waals surface area contributed by atoms with Gasteiger partial charge >= 0.3 is 0 Å². The minimum Gasteiger partial charge on any atom is -0.394 e. The maximum Gasteiger partial charge on any atom is 0.220 e. The fourth-order valence-electron chi connectivity index (χ4n) is 13.0. The number of hydrogen-bond acceptors (Lipinski definition) is 8. The number of aliphatic hydroxyl groups is 5. The zero-order chi connectivity index (χ0) is 62.1. The highest BCUT2D eigenvalue weighted by atomic mass is 16.7. The van der Waals surface area contributed by atoms with Gasteiger partial charge in [0.25, 0.3) is 0 Å². The number of allylic oxidation sites excluding steroid dienone is 1. The Morgan fingerprint density at radius 3 is 0.907 bits per heavy atom. The van der Waals surface area contributed by atoms with Crippen LogP contribution in [-0.2, 0) is 14.3 Å².